The predicted octanol–water partition coefficient (Wildman–Crippen LogP) is 0.655. The number of nitrogens with one attached hydrogen (secondary N) is 1. The molecular weight excluding hydrogens is 270 g/mol. The number of amides is 2. The second kappa shape index (κ2) is 6.98. The molecular formula is C12H13NO7. The summed E-state index contributed by atoms with van der Waals surface area (Å²) in [5.41, 5.74) is -0.0193. The summed E-state index contributed by atoms with van der Waals surface area (Å²) in [6.07, 6.45) is -0.912. The molecule has 8 heteroatoms. The average molecular weight is 283 g/mol. The third-order valence-corrected chi connectivity index (χ3v) is 2.20. The van der Waals surface area contributed by atoms with Crippen molar-refractivity contribution in [2.75, 3.05) is 20.8 Å². The molecule has 0 spiro atoms. The normalized spacial score (nSPS) is 9.50. The van der Waals surface area contributed by atoms with Gasteiger partial charge in [0.15, 0.2) is 18.1 Å². The predicted molar refractivity (Wildman–Crippen MR) is 66.0 cm³/mol. The van der Waals surface area contributed by atoms with Crippen LogP contribution in [-0.2, 0) is 9.53 Å². The number of rotatable bonds is 5. The lowest BCUT2D eigenvalue weighted by Gasteiger charge is -2.10. The zero-order chi connectivity index (χ0) is 15.1. The van der Waals surface area contributed by atoms with Gasteiger partial charge < -0.3 is 19.3 Å². The zero-order valence-corrected chi connectivity index (χ0v) is 10.8. The second-order valence-electron chi connectivity index (χ2n) is 3.50. The van der Waals surface area contributed by atoms with Crippen molar-refractivity contribution in [3.8, 4) is 11.5 Å². The van der Waals surface area contributed by atoms with E-state index in [0.29, 0.717) is 0 Å². The van der Waals surface area contributed by atoms with E-state index in [2.05, 4.69) is 4.74 Å². The first-order valence-electron chi connectivity index (χ1n) is 5.40. The van der Waals surface area contributed by atoms with Crippen LogP contribution in [0.1, 0.15) is 10.4 Å². The van der Waals surface area contributed by atoms with Crippen LogP contribution in [0.2, 0.25) is 0 Å². The number of carboxylic acids is 1. The zero-order valence-electron chi connectivity index (χ0n) is 10.8. The smallest absolute Gasteiger partial charge is 0.413 e. The van der Waals surface area contributed by atoms with Crippen molar-refractivity contribution in [3.63, 3.8) is 0 Å². The Morgan fingerprint density at radius 3 is 2.45 bits per heavy atom. The van der Waals surface area contributed by atoms with E-state index in [9.17, 15) is 14.4 Å². The van der Waals surface area contributed by atoms with Gasteiger partial charge in [0.05, 0.1) is 19.8 Å². The van der Waals surface area contributed by atoms with Crippen LogP contribution in [0.25, 0.3) is 0 Å². The van der Waals surface area contributed by atoms with Crippen LogP contribution in [0.3, 0.4) is 0 Å². The van der Waals surface area contributed by atoms with Gasteiger partial charge in [0, 0.05) is 0 Å². The van der Waals surface area contributed by atoms with Crippen LogP contribution in [0, 0.1) is 0 Å². The minimum Gasteiger partial charge on any atom is -0.493 e. The summed E-state index contributed by atoms with van der Waals surface area (Å²) >= 11 is 0. The van der Waals surface area contributed by atoms with Gasteiger partial charge in [-0.2, -0.15) is 0 Å². The Labute approximate surface area is 114 Å². The molecule has 0 atom stereocenters. The molecule has 1 aromatic rings. The molecule has 1 rings (SSSR count). The van der Waals surface area contributed by atoms with E-state index in [1.165, 1.54) is 25.3 Å². The lowest BCUT2D eigenvalue weighted by atomic mass is 10.2. The lowest BCUT2D eigenvalue weighted by molar-refractivity contribution is -0.122. The minimum atomic E-state index is -1.14. The van der Waals surface area contributed by atoms with Crippen molar-refractivity contribution >= 4 is 18.0 Å². The molecule has 2 amide bonds. The van der Waals surface area contributed by atoms with Gasteiger partial charge in [0.25, 0.3) is 5.91 Å². The number of hydrogen-bond acceptors (Lipinski definition) is 6. The van der Waals surface area contributed by atoms with Gasteiger partial charge in [-0.05, 0) is 18.2 Å². The Bertz CT molecular complexity index is 527. The molecule has 1 aromatic carbocycles. The van der Waals surface area contributed by atoms with E-state index in [1.807, 2.05) is 5.32 Å². The quantitative estimate of drug-likeness (QED) is 0.816. The molecule has 2 N–H and O–H groups in total. The summed E-state index contributed by atoms with van der Waals surface area (Å²) in [7, 11) is 2.49. The summed E-state index contributed by atoms with van der Waals surface area (Å²) in [6, 6.07) is 3.95. The first kappa shape index (κ1) is 15.3. The summed E-state index contributed by atoms with van der Waals surface area (Å²) in [6.45, 7) is -0.492. The average Bonchev–Trinajstić information content (AvgIpc) is 2.44. The van der Waals surface area contributed by atoms with Crippen molar-refractivity contribution in [2.45, 2.75) is 0 Å². The molecule has 0 heterocycles. The second-order valence-corrected chi connectivity index (χ2v) is 3.50. The first-order chi connectivity index (χ1) is 9.47. The maximum Gasteiger partial charge on any atom is 0.413 e. The molecule has 8 nitrogen and oxygen atoms in total. The number of ether oxygens (including phenoxy) is 3. The van der Waals surface area contributed by atoms with Gasteiger partial charge in [-0.1, -0.05) is 0 Å². The van der Waals surface area contributed by atoms with Crippen molar-refractivity contribution in [3.05, 3.63) is 23.8 Å². The Morgan fingerprint density at radius 2 is 1.90 bits per heavy atom. The number of aromatic carboxylic acids is 1. The van der Waals surface area contributed by atoms with Crippen molar-refractivity contribution < 1.29 is 33.7 Å². The van der Waals surface area contributed by atoms with Crippen LogP contribution in [0.15, 0.2) is 18.2 Å². The highest BCUT2D eigenvalue weighted by molar-refractivity contribution is 5.92. The highest BCUT2D eigenvalue weighted by atomic mass is 16.5. The molecule has 20 heavy (non-hydrogen) atoms. The molecule has 0 aliphatic carbocycles. The fourth-order valence-corrected chi connectivity index (χ4v) is 1.27. The van der Waals surface area contributed by atoms with E-state index in [-0.39, 0.29) is 17.1 Å². The van der Waals surface area contributed by atoms with Crippen LogP contribution in [-0.4, -0.2) is 43.9 Å². The van der Waals surface area contributed by atoms with Crippen LogP contribution < -0.4 is 14.8 Å². The molecule has 0 radical (unpaired) electrons. The number of methoxy groups -OCH3 is 2. The summed E-state index contributed by atoms with van der Waals surface area (Å²) in [5, 5.41) is 10.8. The number of alkyl carbamates (subject to hydrolysis) is 1. The van der Waals surface area contributed by atoms with Gasteiger partial charge >= 0.3 is 12.1 Å². The fraction of sp³-hybridized carbons (Fsp3) is 0.250. The topological polar surface area (TPSA) is 111 Å². The van der Waals surface area contributed by atoms with Crippen LogP contribution in [0.4, 0.5) is 4.79 Å². The molecule has 108 valence electrons. The number of carboxylic acid groups (broad SMARTS) is 1. The Kier molecular flexibility index (Phi) is 5.33. The third-order valence-electron chi connectivity index (χ3n) is 2.20. The molecule has 0 aliphatic heterocycles. The SMILES string of the molecule is COC(=O)NC(=O)COc1cc(C(=O)O)ccc1OC. The maximum atomic E-state index is 11.3. The van der Waals surface area contributed by atoms with E-state index in [4.69, 9.17) is 14.6 Å². The standard InChI is InChI=1S/C12H13NO7/c1-18-8-4-3-7(11(15)16)5-9(8)20-6-10(14)13-12(17)19-2/h3-5H,6H2,1-2H3,(H,15,16)(H,13,14,17). The van der Waals surface area contributed by atoms with E-state index in [1.54, 1.807) is 0 Å². The van der Waals surface area contributed by atoms with E-state index < -0.39 is 24.6 Å². The summed E-state index contributed by atoms with van der Waals surface area (Å²) in [5.74, 6) is -1.54. The number of carbonyl (C=O) groups is 3. The van der Waals surface area contributed by atoms with Crippen molar-refractivity contribution in [2.24, 2.45) is 0 Å². The third kappa shape index (κ3) is 4.16. The Hall–Kier alpha value is -2.77. The van der Waals surface area contributed by atoms with Crippen LogP contribution in [0.5, 0.6) is 11.5 Å². The maximum absolute atomic E-state index is 11.3. The van der Waals surface area contributed by atoms with Crippen molar-refractivity contribution in [1.29, 1.82) is 0 Å². The summed E-state index contributed by atoms with van der Waals surface area (Å²) in [4.78, 5) is 32.9. The van der Waals surface area contributed by atoms with Gasteiger partial charge in [-0.15, -0.1) is 0 Å². The van der Waals surface area contributed by atoms with Gasteiger partial charge in [0.2, 0.25) is 0 Å². The molecule has 0 fully saturated rings. The molecule has 0 aromatic heterocycles. The van der Waals surface area contributed by atoms with Gasteiger partial charge in [0.1, 0.15) is 0 Å². The highest BCUT2D eigenvalue weighted by Crippen LogP contribution is 2.27. The number of carbonyl (C=O) groups excluding carboxylic acids is 2. The molecule has 0 unspecified atom stereocenters. The van der Waals surface area contributed by atoms with E-state index in [0.717, 1.165) is 7.11 Å². The van der Waals surface area contributed by atoms with E-state index >= 15 is 0 Å². The molecule has 0 saturated carbocycles. The molecule has 0 aliphatic rings. The van der Waals surface area contributed by atoms with Crippen molar-refractivity contribution in [1.82, 2.24) is 5.32 Å². The minimum absolute atomic E-state index is 0.0193. The van der Waals surface area contributed by atoms with Gasteiger partial charge in [-0.3, -0.25) is 10.1 Å². The Balaban J connectivity index is 2.75. The highest BCUT2D eigenvalue weighted by Gasteiger charge is 2.13. The number of hydrogen-bond donors (Lipinski definition) is 2. The molecule has 0 saturated heterocycles. The van der Waals surface area contributed by atoms with Crippen LogP contribution >= 0.6 is 0 Å². The Morgan fingerprint density at radius 1 is 1.20 bits per heavy atom. The monoisotopic (exact) mass is 283 g/mol. The largest absolute Gasteiger partial charge is 0.493 e. The molecule has 0 bridgehead atoms. The van der Waals surface area contributed by atoms with Gasteiger partial charge in [-0.25, -0.2) is 9.59 Å². The number of imide groups is 1. The fourth-order valence-electron chi connectivity index (χ4n) is 1.27. The number of benzene rings is 1. The first-order valence-corrected chi connectivity index (χ1v) is 5.40. The summed E-state index contributed by atoms with van der Waals surface area (Å²) < 4.78 is 14.3. The lowest BCUT2D eigenvalue weighted by Crippen LogP contribution is -2.34.